The number of nitrogens with zero attached hydrogens (tertiary/aromatic N) is 1. The van der Waals surface area contributed by atoms with Crippen LogP contribution in [0.25, 0.3) is 11.4 Å². The Balaban J connectivity index is 1.64. The summed E-state index contributed by atoms with van der Waals surface area (Å²) in [5.41, 5.74) is 3.15. The lowest BCUT2D eigenvalue weighted by Crippen LogP contribution is -2.28. The van der Waals surface area contributed by atoms with Crippen LogP contribution in [0.4, 0.5) is 14.9 Å². The summed E-state index contributed by atoms with van der Waals surface area (Å²) < 4.78 is 18.4. The molecule has 3 aromatic rings. The number of esters is 1. The summed E-state index contributed by atoms with van der Waals surface area (Å²) in [6, 6.07) is 12.1. The molecule has 0 saturated carbocycles. The predicted molar refractivity (Wildman–Crippen MR) is 136 cm³/mol. The number of urea groups is 1. The molecular formula is C26H25FN4O3S. The molecule has 7 nitrogen and oxygen atoms in total. The van der Waals surface area contributed by atoms with E-state index in [9.17, 15) is 14.0 Å². The smallest absolute Gasteiger partial charge is 0.339 e. The van der Waals surface area contributed by atoms with Crippen LogP contribution in [0.3, 0.4) is 0 Å². The van der Waals surface area contributed by atoms with Crippen LogP contribution < -0.4 is 10.6 Å². The van der Waals surface area contributed by atoms with Crippen LogP contribution in [0.2, 0.25) is 0 Å². The standard InChI is InChI=1S/C26H25FN4O3S/c1-5-16(2)12-22(17(3)27)31-26(33)30-19-6-8-20(9-7-19)35-21-10-11-28-24(14-21)23-13-18(15-29-23)25(32)34-4/h5-15,29H,3H2,1-2,4H3,(H2,30,31,33)/b16-5-,22-12+. The number of allylic oxidation sites excluding steroid dienone is 4. The van der Waals surface area contributed by atoms with Gasteiger partial charge in [-0.1, -0.05) is 30.0 Å². The predicted octanol–water partition coefficient (Wildman–Crippen LogP) is 6.47. The molecule has 0 aliphatic rings. The van der Waals surface area contributed by atoms with Crippen LogP contribution in [-0.2, 0) is 4.74 Å². The SMILES string of the molecule is C=C(F)/C(=C\C(C)=C/C)NC(=O)Nc1ccc(Sc2ccnc(-c3cc(C(=O)OC)c[nH]3)c2)cc1. The molecule has 0 radical (unpaired) electrons. The topological polar surface area (TPSA) is 96.1 Å². The van der Waals surface area contributed by atoms with Crippen LogP contribution in [0, 0.1) is 0 Å². The number of halogens is 1. The molecule has 180 valence electrons. The summed E-state index contributed by atoms with van der Waals surface area (Å²) >= 11 is 1.52. The third-order valence-electron chi connectivity index (χ3n) is 4.83. The second-order valence-electron chi connectivity index (χ2n) is 7.37. The molecule has 0 aliphatic carbocycles. The second-order valence-corrected chi connectivity index (χ2v) is 8.52. The van der Waals surface area contributed by atoms with Crippen molar-refractivity contribution in [1.29, 1.82) is 0 Å². The Morgan fingerprint density at radius 2 is 1.91 bits per heavy atom. The number of H-pyrrole nitrogens is 1. The maximum atomic E-state index is 13.6. The molecule has 0 unspecified atom stereocenters. The normalized spacial score (nSPS) is 11.7. The summed E-state index contributed by atoms with van der Waals surface area (Å²) in [4.78, 5) is 33.2. The summed E-state index contributed by atoms with van der Waals surface area (Å²) in [6.07, 6.45) is 6.57. The van der Waals surface area contributed by atoms with E-state index in [-0.39, 0.29) is 5.70 Å². The van der Waals surface area contributed by atoms with Crippen LogP contribution in [0.15, 0.2) is 100 Å². The molecule has 9 heteroatoms. The third-order valence-corrected chi connectivity index (χ3v) is 5.82. The number of ether oxygens (including phenoxy) is 1. The fraction of sp³-hybridized carbons (Fsp3) is 0.115. The highest BCUT2D eigenvalue weighted by Gasteiger charge is 2.11. The van der Waals surface area contributed by atoms with Crippen LogP contribution in [-0.4, -0.2) is 29.1 Å². The first-order valence-corrected chi connectivity index (χ1v) is 11.4. The van der Waals surface area contributed by atoms with Crippen molar-refractivity contribution < 1.29 is 18.7 Å². The van der Waals surface area contributed by atoms with Crippen molar-refractivity contribution in [3.8, 4) is 11.4 Å². The molecule has 3 N–H and O–H groups in total. The maximum Gasteiger partial charge on any atom is 0.339 e. The van der Waals surface area contributed by atoms with Crippen molar-refractivity contribution in [3.05, 3.63) is 96.2 Å². The van der Waals surface area contributed by atoms with Gasteiger partial charge in [0.25, 0.3) is 0 Å². The van der Waals surface area contributed by atoms with E-state index in [2.05, 4.69) is 27.2 Å². The number of benzene rings is 1. The Labute approximate surface area is 207 Å². The highest BCUT2D eigenvalue weighted by Crippen LogP contribution is 2.30. The number of pyridine rings is 1. The molecule has 2 amide bonds. The fourth-order valence-corrected chi connectivity index (χ4v) is 3.76. The molecule has 3 rings (SSSR count). The van der Waals surface area contributed by atoms with Crippen molar-refractivity contribution in [2.24, 2.45) is 0 Å². The number of amides is 2. The lowest BCUT2D eigenvalue weighted by molar-refractivity contribution is 0.0601. The largest absolute Gasteiger partial charge is 0.465 e. The minimum absolute atomic E-state index is 0.000425. The zero-order chi connectivity index (χ0) is 25.4. The molecule has 0 bridgehead atoms. The fourth-order valence-electron chi connectivity index (χ4n) is 2.92. The molecule has 0 fully saturated rings. The van der Waals surface area contributed by atoms with Gasteiger partial charge >= 0.3 is 12.0 Å². The van der Waals surface area contributed by atoms with E-state index in [1.54, 1.807) is 43.6 Å². The van der Waals surface area contributed by atoms with Crippen LogP contribution in [0.1, 0.15) is 24.2 Å². The summed E-state index contributed by atoms with van der Waals surface area (Å²) in [6.45, 7) is 6.87. The molecule has 0 saturated heterocycles. The van der Waals surface area contributed by atoms with Gasteiger partial charge in [-0.05, 0) is 62.4 Å². The summed E-state index contributed by atoms with van der Waals surface area (Å²) in [5.74, 6) is -1.15. The monoisotopic (exact) mass is 492 g/mol. The van der Waals surface area contributed by atoms with Crippen molar-refractivity contribution in [2.45, 2.75) is 23.6 Å². The minimum atomic E-state index is -0.731. The van der Waals surface area contributed by atoms with Gasteiger partial charge in [-0.2, -0.15) is 0 Å². The summed E-state index contributed by atoms with van der Waals surface area (Å²) in [7, 11) is 1.33. The van der Waals surface area contributed by atoms with Gasteiger partial charge in [0.1, 0.15) is 5.83 Å². The van der Waals surface area contributed by atoms with E-state index in [0.717, 1.165) is 15.4 Å². The first-order valence-electron chi connectivity index (χ1n) is 10.6. The van der Waals surface area contributed by atoms with Gasteiger partial charge in [-0.3, -0.25) is 4.98 Å². The highest BCUT2D eigenvalue weighted by atomic mass is 32.2. The van der Waals surface area contributed by atoms with Crippen LogP contribution >= 0.6 is 11.8 Å². The first kappa shape index (κ1) is 25.5. The van der Waals surface area contributed by atoms with Gasteiger partial charge in [-0.25, -0.2) is 14.0 Å². The molecular weight excluding hydrogens is 467 g/mol. The van der Waals surface area contributed by atoms with Crippen LogP contribution in [0.5, 0.6) is 0 Å². The quantitative estimate of drug-likeness (QED) is 0.247. The Morgan fingerprint density at radius 3 is 2.57 bits per heavy atom. The number of aromatic amines is 1. The van der Waals surface area contributed by atoms with Crippen molar-refractivity contribution in [2.75, 3.05) is 12.4 Å². The average molecular weight is 493 g/mol. The second kappa shape index (κ2) is 11.8. The van der Waals surface area contributed by atoms with E-state index in [4.69, 9.17) is 4.74 Å². The Kier molecular flexibility index (Phi) is 8.63. The van der Waals surface area contributed by atoms with Gasteiger partial charge in [0.2, 0.25) is 0 Å². The van der Waals surface area contributed by atoms with E-state index >= 15 is 0 Å². The van der Waals surface area contributed by atoms with Gasteiger partial charge in [-0.15, -0.1) is 0 Å². The zero-order valence-corrected chi connectivity index (χ0v) is 20.3. The molecule has 2 heterocycles. The zero-order valence-electron chi connectivity index (χ0n) is 19.5. The number of methoxy groups -OCH3 is 1. The number of hydrogen-bond acceptors (Lipinski definition) is 5. The number of carbonyl (C=O) groups excluding carboxylic acids is 2. The number of carbonyl (C=O) groups is 2. The Bertz CT molecular complexity index is 1300. The molecule has 0 atom stereocenters. The third kappa shape index (κ3) is 7.18. The number of nitrogens with one attached hydrogen (secondary N) is 3. The van der Waals surface area contributed by atoms with Gasteiger partial charge < -0.3 is 20.4 Å². The van der Waals surface area contributed by atoms with E-state index in [1.165, 1.54) is 24.9 Å². The van der Waals surface area contributed by atoms with Gasteiger partial charge in [0.15, 0.2) is 0 Å². The van der Waals surface area contributed by atoms with Crippen molar-refractivity contribution in [1.82, 2.24) is 15.3 Å². The summed E-state index contributed by atoms with van der Waals surface area (Å²) in [5, 5.41) is 5.15. The molecule has 0 spiro atoms. The number of hydrogen-bond donors (Lipinski definition) is 3. The van der Waals surface area contributed by atoms with Crippen molar-refractivity contribution in [3.63, 3.8) is 0 Å². The van der Waals surface area contributed by atoms with E-state index < -0.39 is 17.8 Å². The van der Waals surface area contributed by atoms with Crippen molar-refractivity contribution >= 4 is 29.4 Å². The lowest BCUT2D eigenvalue weighted by Gasteiger charge is -2.10. The highest BCUT2D eigenvalue weighted by molar-refractivity contribution is 7.99. The van der Waals surface area contributed by atoms with Gasteiger partial charge in [0, 0.05) is 27.9 Å². The minimum Gasteiger partial charge on any atom is -0.465 e. The molecule has 1 aromatic carbocycles. The lowest BCUT2D eigenvalue weighted by atomic mass is 10.2. The van der Waals surface area contributed by atoms with E-state index in [1.807, 2.05) is 31.2 Å². The average Bonchev–Trinajstić information content (AvgIpc) is 3.35. The van der Waals surface area contributed by atoms with E-state index in [0.29, 0.717) is 22.6 Å². The molecule has 2 aromatic heterocycles. The molecule has 35 heavy (non-hydrogen) atoms. The Hall–Kier alpha value is -4.11. The Morgan fingerprint density at radius 1 is 1.17 bits per heavy atom. The number of rotatable bonds is 8. The molecule has 0 aliphatic heterocycles. The number of anilines is 1. The first-order chi connectivity index (χ1) is 16.8. The maximum absolute atomic E-state index is 13.6. The number of aromatic nitrogens is 2. The van der Waals surface area contributed by atoms with Gasteiger partial charge in [0.05, 0.1) is 29.8 Å².